The summed E-state index contributed by atoms with van der Waals surface area (Å²) in [6.45, 7) is 1.95. The Morgan fingerprint density at radius 1 is 0.400 bits per heavy atom. The van der Waals surface area contributed by atoms with Gasteiger partial charge in [0.1, 0.15) is 36.2 Å². The highest BCUT2D eigenvalue weighted by atomic mass is 31.2. The predicted octanol–water partition coefficient (Wildman–Crippen LogP) is 10.8. The molecule has 6 heterocycles. The van der Waals surface area contributed by atoms with Gasteiger partial charge in [0.25, 0.3) is 0 Å². The van der Waals surface area contributed by atoms with Gasteiger partial charge in [-0.1, -0.05) is 97.1 Å². The third kappa shape index (κ3) is 8.23. The molecule has 332 valence electrons. The largest absolute Gasteiger partial charge is 0.530 e. The Morgan fingerprint density at radius 3 is 1.28 bits per heavy atom. The molecule has 6 aliphatic heterocycles. The molecule has 4 unspecified atom stereocenters. The lowest BCUT2D eigenvalue weighted by molar-refractivity contribution is -0.216. The lowest BCUT2D eigenvalue weighted by Crippen LogP contribution is -2.34. The molecule has 4 saturated heterocycles. The Balaban J connectivity index is 0.957. The van der Waals surface area contributed by atoms with Crippen molar-refractivity contribution in [3.8, 4) is 46.0 Å². The van der Waals surface area contributed by atoms with Crippen molar-refractivity contribution in [2.45, 2.75) is 37.4 Å². The van der Waals surface area contributed by atoms with Crippen LogP contribution in [0.1, 0.15) is 58.5 Å². The van der Waals surface area contributed by atoms with Gasteiger partial charge in [-0.3, -0.25) is 0 Å². The first-order valence-corrected chi connectivity index (χ1v) is 23.3. The Kier molecular flexibility index (Phi) is 11.1. The third-order valence-electron chi connectivity index (χ3n) is 11.2. The van der Waals surface area contributed by atoms with Gasteiger partial charge in [0.05, 0.1) is 48.7 Å². The fraction of sp³-hybridized carbons (Fsp3) is 0.250. The van der Waals surface area contributed by atoms with Crippen molar-refractivity contribution in [2.24, 2.45) is 0 Å². The predicted molar refractivity (Wildman–Crippen MR) is 231 cm³/mol. The van der Waals surface area contributed by atoms with E-state index in [1.165, 1.54) is 0 Å². The molecule has 0 aromatic heterocycles. The van der Waals surface area contributed by atoms with Gasteiger partial charge in [-0.05, 0) is 36.4 Å². The van der Waals surface area contributed by atoms with Crippen LogP contribution in [0.15, 0.2) is 133 Å². The number of benzene rings is 6. The smallest absolute Gasteiger partial charge is 0.449 e. The molecule has 4 atom stereocenters. The molecule has 15 nitrogen and oxygen atoms in total. The van der Waals surface area contributed by atoms with Crippen molar-refractivity contribution in [1.82, 2.24) is 0 Å². The molecule has 5 bridgehead atoms. The van der Waals surface area contributed by atoms with Gasteiger partial charge in [-0.15, -0.1) is 0 Å². The summed E-state index contributed by atoms with van der Waals surface area (Å²) in [5.41, 5.74) is 4.30. The first-order chi connectivity index (χ1) is 32.1. The first-order valence-electron chi connectivity index (χ1n) is 21.1. The van der Waals surface area contributed by atoms with Crippen molar-refractivity contribution >= 4 is 17.2 Å². The van der Waals surface area contributed by atoms with Gasteiger partial charge in [-0.2, -0.15) is 0 Å². The minimum atomic E-state index is -2.29. The summed E-state index contributed by atoms with van der Waals surface area (Å²) in [6, 6.07) is 41.1. The van der Waals surface area contributed by atoms with E-state index in [4.69, 9.17) is 69.8 Å². The standard InChI is InChI=1S/C48H40O15P2/c1-5-17-36(32(13-1)44-49-23-24-50-44)58-64-60-38-19-7-3-15-34(38)46-53-28-48(56-46)29-54-47(57-48)35-16-4-8-20-39(35)61-65(59-37-18-6-2-14-33(37)45-51-25-26-52-45)63-41-22-10-12-31-27-30-11-9-21-40(62-64)42(30)55-43(31)41/h1-22,44-47H,23-29H2. The maximum atomic E-state index is 6.84. The molecule has 0 saturated carbocycles. The molecule has 17 heteroatoms. The van der Waals surface area contributed by atoms with Crippen LogP contribution in [-0.2, 0) is 44.3 Å². The Morgan fingerprint density at radius 2 is 0.800 bits per heavy atom. The molecular weight excluding hydrogens is 878 g/mol. The van der Waals surface area contributed by atoms with Crippen molar-refractivity contribution < 1.29 is 69.8 Å². The lowest BCUT2D eigenvalue weighted by Gasteiger charge is -2.27. The topological polar surface area (TPSA) is 138 Å². The van der Waals surface area contributed by atoms with Crippen LogP contribution in [0.2, 0.25) is 0 Å². The molecule has 65 heavy (non-hydrogen) atoms. The Hall–Kier alpha value is -5.54. The van der Waals surface area contributed by atoms with Gasteiger partial charge in [0.15, 0.2) is 48.2 Å². The molecule has 12 rings (SSSR count). The van der Waals surface area contributed by atoms with E-state index in [-0.39, 0.29) is 13.2 Å². The average Bonchev–Trinajstić information content (AvgIpc) is 4.20. The van der Waals surface area contributed by atoms with E-state index in [0.717, 1.165) is 11.1 Å². The monoisotopic (exact) mass is 918 g/mol. The van der Waals surface area contributed by atoms with Crippen LogP contribution >= 0.6 is 17.2 Å². The number of fused-ring (bicyclic) bond motifs is 6. The summed E-state index contributed by atoms with van der Waals surface area (Å²) in [4.78, 5) is 0. The molecule has 6 aromatic carbocycles. The van der Waals surface area contributed by atoms with Crippen molar-refractivity contribution in [2.75, 3.05) is 39.6 Å². The van der Waals surface area contributed by atoms with E-state index < -0.39 is 48.2 Å². The minimum absolute atomic E-state index is 0.0652. The molecule has 0 aliphatic carbocycles. The summed E-state index contributed by atoms with van der Waals surface area (Å²) in [5.74, 6) is 2.13. The molecule has 0 radical (unpaired) electrons. The molecule has 0 N–H and O–H groups in total. The van der Waals surface area contributed by atoms with E-state index in [1.54, 1.807) is 0 Å². The Labute approximate surface area is 375 Å². The second-order valence-corrected chi connectivity index (χ2v) is 17.5. The summed E-state index contributed by atoms with van der Waals surface area (Å²) in [5, 5.41) is 0. The van der Waals surface area contributed by atoms with E-state index in [0.29, 0.717) is 101 Å². The van der Waals surface area contributed by atoms with Crippen molar-refractivity contribution in [3.63, 3.8) is 0 Å². The maximum Gasteiger partial charge on any atom is 0.530 e. The highest BCUT2D eigenvalue weighted by Crippen LogP contribution is 2.56. The van der Waals surface area contributed by atoms with Gasteiger partial charge >= 0.3 is 17.2 Å². The molecule has 1 spiro atoms. The number of hydrogen-bond donors (Lipinski definition) is 0. The third-order valence-corrected chi connectivity index (χ3v) is 13.3. The van der Waals surface area contributed by atoms with Crippen LogP contribution in [0.25, 0.3) is 0 Å². The molecule has 6 aliphatic rings. The highest BCUT2D eigenvalue weighted by Gasteiger charge is 2.51. The van der Waals surface area contributed by atoms with Crippen molar-refractivity contribution in [1.29, 1.82) is 0 Å². The average molecular weight is 919 g/mol. The molecule has 0 amide bonds. The van der Waals surface area contributed by atoms with Crippen LogP contribution < -0.4 is 31.9 Å². The second-order valence-electron chi connectivity index (χ2n) is 15.5. The zero-order chi connectivity index (χ0) is 43.2. The molecular formula is C48H40O15P2. The SMILES string of the molecule is c1ccc(C2OCCO2)c(OP2Oc3ccccc3C3OCC4(COC(O4)c4ccccc4OP(Oc4ccccc4C4OCCO4)Oc4cccc5c4Oc4c(cccc4O2)C5)O3)c1. The number of para-hydroxylation sites is 6. The first kappa shape index (κ1) is 40.9. The van der Waals surface area contributed by atoms with Gasteiger partial charge < -0.3 is 69.8 Å². The molecule has 4 fully saturated rings. The number of rotatable bonds is 6. The fourth-order valence-corrected chi connectivity index (χ4v) is 10.3. The molecule has 6 aromatic rings. The summed E-state index contributed by atoms with van der Waals surface area (Å²) in [6.07, 6.45) is -2.55. The normalized spacial score (nSPS) is 24.9. The quantitative estimate of drug-likeness (QED) is 0.146. The van der Waals surface area contributed by atoms with Gasteiger partial charge in [0.2, 0.25) is 5.79 Å². The van der Waals surface area contributed by atoms with E-state index in [2.05, 4.69) is 0 Å². The second kappa shape index (κ2) is 17.7. The van der Waals surface area contributed by atoms with E-state index in [9.17, 15) is 0 Å². The zero-order valence-electron chi connectivity index (χ0n) is 34.5. The zero-order valence-corrected chi connectivity index (χ0v) is 36.3. The minimum Gasteiger partial charge on any atom is -0.449 e. The van der Waals surface area contributed by atoms with Gasteiger partial charge in [0, 0.05) is 17.5 Å². The number of ether oxygens (including phenoxy) is 9. The summed E-state index contributed by atoms with van der Waals surface area (Å²) in [7, 11) is -4.57. The van der Waals surface area contributed by atoms with Crippen molar-refractivity contribution in [3.05, 3.63) is 167 Å². The Bertz CT molecular complexity index is 2510. The van der Waals surface area contributed by atoms with Crippen LogP contribution in [-0.4, -0.2) is 45.4 Å². The van der Waals surface area contributed by atoms with E-state index in [1.807, 2.05) is 133 Å². The lowest BCUT2D eigenvalue weighted by atomic mass is 10.00. The number of hydrogen-bond acceptors (Lipinski definition) is 15. The maximum absolute atomic E-state index is 6.84. The van der Waals surface area contributed by atoms with Crippen LogP contribution in [0.5, 0.6) is 46.0 Å². The summed E-state index contributed by atoms with van der Waals surface area (Å²) < 4.78 is 96.7. The van der Waals surface area contributed by atoms with Crippen LogP contribution in [0.3, 0.4) is 0 Å². The fourth-order valence-electron chi connectivity index (χ4n) is 8.16. The van der Waals surface area contributed by atoms with Crippen LogP contribution in [0, 0.1) is 0 Å². The van der Waals surface area contributed by atoms with E-state index >= 15 is 0 Å². The highest BCUT2D eigenvalue weighted by molar-refractivity contribution is 7.43. The van der Waals surface area contributed by atoms with Crippen LogP contribution in [0.4, 0.5) is 0 Å². The summed E-state index contributed by atoms with van der Waals surface area (Å²) >= 11 is 0. The van der Waals surface area contributed by atoms with Gasteiger partial charge in [-0.25, -0.2) is 0 Å².